The van der Waals surface area contributed by atoms with E-state index in [-0.39, 0.29) is 0 Å². The summed E-state index contributed by atoms with van der Waals surface area (Å²) in [5.41, 5.74) is 4.15. The molecule has 0 unspecified atom stereocenters. The third kappa shape index (κ3) is 1.29. The van der Waals surface area contributed by atoms with E-state index < -0.39 is 0 Å². The zero-order valence-corrected chi connectivity index (χ0v) is 9.43. The lowest BCUT2D eigenvalue weighted by atomic mass is 10.1. The Labute approximate surface area is 93.8 Å². The minimum absolute atomic E-state index is 0.821. The highest BCUT2D eigenvalue weighted by molar-refractivity contribution is 6.31. The van der Waals surface area contributed by atoms with E-state index in [2.05, 4.69) is 29.1 Å². The Bertz CT molecular complexity index is 528. The summed E-state index contributed by atoms with van der Waals surface area (Å²) >= 11 is 6.04. The number of hydrogen-bond acceptors (Lipinski definition) is 1. The summed E-state index contributed by atoms with van der Waals surface area (Å²) in [7, 11) is 2.14. The van der Waals surface area contributed by atoms with Crippen LogP contribution < -0.4 is 5.32 Å². The van der Waals surface area contributed by atoms with Crippen LogP contribution in [0.25, 0.3) is 10.9 Å². The number of nitrogens with zero attached hydrogens (tertiary/aromatic N) is 1. The van der Waals surface area contributed by atoms with E-state index in [9.17, 15) is 0 Å². The number of fused-ring (bicyclic) bond motifs is 3. The molecule has 0 amide bonds. The Kier molecular flexibility index (Phi) is 2.01. The van der Waals surface area contributed by atoms with Gasteiger partial charge in [0, 0.05) is 48.2 Å². The molecule has 0 saturated carbocycles. The average molecular weight is 221 g/mol. The van der Waals surface area contributed by atoms with Gasteiger partial charge in [0.05, 0.1) is 0 Å². The lowest BCUT2D eigenvalue weighted by Crippen LogP contribution is -2.24. The number of rotatable bonds is 0. The zero-order valence-electron chi connectivity index (χ0n) is 8.68. The van der Waals surface area contributed by atoms with Crippen molar-refractivity contribution < 1.29 is 0 Å². The first kappa shape index (κ1) is 9.25. The van der Waals surface area contributed by atoms with Crippen molar-refractivity contribution in [3.05, 3.63) is 34.5 Å². The Hall–Kier alpha value is -0.990. The van der Waals surface area contributed by atoms with Gasteiger partial charge in [0.15, 0.2) is 0 Å². The molecule has 2 aromatic rings. The molecule has 0 aliphatic carbocycles. The van der Waals surface area contributed by atoms with Crippen LogP contribution in [0.3, 0.4) is 0 Å². The second-order valence-electron chi connectivity index (χ2n) is 4.07. The number of benzene rings is 1. The molecule has 0 fully saturated rings. The van der Waals surface area contributed by atoms with Crippen LogP contribution in [0.4, 0.5) is 0 Å². The first-order chi connectivity index (χ1) is 7.27. The summed E-state index contributed by atoms with van der Waals surface area (Å²) in [4.78, 5) is 0. The maximum atomic E-state index is 6.04. The highest BCUT2D eigenvalue weighted by Crippen LogP contribution is 2.29. The molecule has 78 valence electrons. The van der Waals surface area contributed by atoms with Gasteiger partial charge in [-0.05, 0) is 23.8 Å². The summed E-state index contributed by atoms with van der Waals surface area (Å²) in [5, 5.41) is 5.53. The average Bonchev–Trinajstić information content (AvgIpc) is 2.54. The molecule has 0 saturated heterocycles. The van der Waals surface area contributed by atoms with Crippen LogP contribution in [0.5, 0.6) is 0 Å². The quantitative estimate of drug-likeness (QED) is 0.722. The van der Waals surface area contributed by atoms with Crippen molar-refractivity contribution in [3.63, 3.8) is 0 Å². The molecule has 0 radical (unpaired) electrons. The SMILES string of the molecule is Cn1c2c(c3cc(Cl)ccc31)CNCC2. The topological polar surface area (TPSA) is 17.0 Å². The van der Waals surface area contributed by atoms with E-state index in [4.69, 9.17) is 11.6 Å². The van der Waals surface area contributed by atoms with Gasteiger partial charge in [-0.1, -0.05) is 11.6 Å². The van der Waals surface area contributed by atoms with Gasteiger partial charge >= 0.3 is 0 Å². The maximum absolute atomic E-state index is 6.04. The number of aromatic nitrogens is 1. The van der Waals surface area contributed by atoms with Gasteiger partial charge < -0.3 is 9.88 Å². The first-order valence-electron chi connectivity index (χ1n) is 5.24. The van der Waals surface area contributed by atoms with Gasteiger partial charge in [0.1, 0.15) is 0 Å². The van der Waals surface area contributed by atoms with Gasteiger partial charge in [0.2, 0.25) is 0 Å². The van der Waals surface area contributed by atoms with Crippen molar-refractivity contribution >= 4 is 22.5 Å². The van der Waals surface area contributed by atoms with Gasteiger partial charge in [-0.3, -0.25) is 0 Å². The largest absolute Gasteiger partial charge is 0.347 e. The Balaban J connectivity index is 2.39. The monoisotopic (exact) mass is 220 g/mol. The predicted octanol–water partition coefficient (Wildman–Crippen LogP) is 2.48. The van der Waals surface area contributed by atoms with E-state index >= 15 is 0 Å². The highest BCUT2D eigenvalue weighted by Gasteiger charge is 2.17. The summed E-state index contributed by atoms with van der Waals surface area (Å²) in [6, 6.07) is 6.14. The maximum Gasteiger partial charge on any atom is 0.0484 e. The van der Waals surface area contributed by atoms with Gasteiger partial charge in [-0.25, -0.2) is 0 Å². The Morgan fingerprint density at radius 3 is 3.13 bits per heavy atom. The van der Waals surface area contributed by atoms with Crippen molar-refractivity contribution in [2.45, 2.75) is 13.0 Å². The van der Waals surface area contributed by atoms with E-state index in [1.165, 1.54) is 22.2 Å². The molecule has 1 aliphatic heterocycles. The van der Waals surface area contributed by atoms with Crippen molar-refractivity contribution in [2.75, 3.05) is 6.54 Å². The lowest BCUT2D eigenvalue weighted by molar-refractivity contribution is 0.622. The van der Waals surface area contributed by atoms with Gasteiger partial charge in [-0.2, -0.15) is 0 Å². The van der Waals surface area contributed by atoms with E-state index in [1.54, 1.807) is 0 Å². The molecule has 1 aliphatic rings. The smallest absolute Gasteiger partial charge is 0.0484 e. The molecule has 15 heavy (non-hydrogen) atoms. The Morgan fingerprint density at radius 1 is 1.40 bits per heavy atom. The molecule has 1 aromatic heterocycles. The normalized spacial score (nSPS) is 15.6. The fourth-order valence-electron chi connectivity index (χ4n) is 2.48. The Morgan fingerprint density at radius 2 is 2.27 bits per heavy atom. The minimum Gasteiger partial charge on any atom is -0.347 e. The van der Waals surface area contributed by atoms with E-state index in [0.717, 1.165) is 24.5 Å². The highest BCUT2D eigenvalue weighted by atomic mass is 35.5. The molecule has 0 bridgehead atoms. The van der Waals surface area contributed by atoms with Crippen molar-refractivity contribution in [1.82, 2.24) is 9.88 Å². The summed E-state index contributed by atoms with van der Waals surface area (Å²) in [6.07, 6.45) is 1.11. The lowest BCUT2D eigenvalue weighted by Gasteiger charge is -2.14. The number of nitrogens with one attached hydrogen (secondary N) is 1. The second-order valence-corrected chi connectivity index (χ2v) is 4.51. The van der Waals surface area contributed by atoms with Crippen molar-refractivity contribution in [3.8, 4) is 0 Å². The standard InChI is InChI=1S/C12H13ClN2/c1-15-11-3-2-8(13)6-9(11)10-7-14-5-4-12(10)15/h2-3,6,14H,4-5,7H2,1H3. The van der Waals surface area contributed by atoms with Crippen molar-refractivity contribution in [2.24, 2.45) is 7.05 Å². The molecule has 0 spiro atoms. The molecule has 1 N–H and O–H groups in total. The van der Waals surface area contributed by atoms with Gasteiger partial charge in [-0.15, -0.1) is 0 Å². The number of halogens is 1. The molecule has 3 heteroatoms. The second kappa shape index (κ2) is 3.26. The van der Waals surface area contributed by atoms with Crippen LogP contribution in [0, 0.1) is 0 Å². The van der Waals surface area contributed by atoms with Crippen LogP contribution in [0.1, 0.15) is 11.3 Å². The fourth-order valence-corrected chi connectivity index (χ4v) is 2.65. The van der Waals surface area contributed by atoms with Crippen LogP contribution in [0.2, 0.25) is 5.02 Å². The minimum atomic E-state index is 0.821. The molecule has 3 rings (SSSR count). The summed E-state index contributed by atoms with van der Waals surface area (Å²) in [6.45, 7) is 2.04. The van der Waals surface area contributed by atoms with E-state index in [0.29, 0.717) is 0 Å². The summed E-state index contributed by atoms with van der Waals surface area (Å²) < 4.78 is 2.29. The zero-order chi connectivity index (χ0) is 10.4. The third-order valence-corrected chi connectivity index (χ3v) is 3.47. The summed E-state index contributed by atoms with van der Waals surface area (Å²) in [5.74, 6) is 0. The van der Waals surface area contributed by atoms with Crippen molar-refractivity contribution in [1.29, 1.82) is 0 Å². The van der Waals surface area contributed by atoms with Crippen LogP contribution in [0.15, 0.2) is 18.2 Å². The van der Waals surface area contributed by atoms with Crippen LogP contribution >= 0.6 is 11.6 Å². The molecule has 2 nitrogen and oxygen atoms in total. The molecular weight excluding hydrogens is 208 g/mol. The van der Waals surface area contributed by atoms with Crippen LogP contribution in [-0.2, 0) is 20.0 Å². The predicted molar refractivity (Wildman–Crippen MR) is 63.3 cm³/mol. The molecular formula is C12H13ClN2. The van der Waals surface area contributed by atoms with Gasteiger partial charge in [0.25, 0.3) is 0 Å². The molecule has 0 atom stereocenters. The number of hydrogen-bond donors (Lipinski definition) is 1. The third-order valence-electron chi connectivity index (χ3n) is 3.24. The van der Waals surface area contributed by atoms with Crippen LogP contribution in [-0.4, -0.2) is 11.1 Å². The first-order valence-corrected chi connectivity index (χ1v) is 5.61. The molecule has 1 aromatic carbocycles. The number of aryl methyl sites for hydroxylation is 1. The molecule has 2 heterocycles. The van der Waals surface area contributed by atoms with E-state index in [1.807, 2.05) is 6.07 Å². The fraction of sp³-hybridized carbons (Fsp3) is 0.333.